The third-order valence-corrected chi connectivity index (χ3v) is 4.05. The average molecular weight is 166 g/mol. The van der Waals surface area contributed by atoms with Crippen molar-refractivity contribution < 1.29 is 0 Å². The van der Waals surface area contributed by atoms with E-state index in [-0.39, 0.29) is 0 Å². The van der Waals surface area contributed by atoms with Gasteiger partial charge in [0.15, 0.2) is 0 Å². The molecule has 2 saturated carbocycles. The van der Waals surface area contributed by atoms with E-state index in [2.05, 4.69) is 6.92 Å². The standard InChI is InChI=1S/C12H22/c1-10-7-8-11-5-3-2-4-6-12(11)9-10/h10-12H,2-9H2,1H3. The molecule has 0 N–H and O–H groups in total. The van der Waals surface area contributed by atoms with Crippen LogP contribution in [0.1, 0.15) is 58.3 Å². The van der Waals surface area contributed by atoms with Gasteiger partial charge in [-0.1, -0.05) is 45.4 Å². The summed E-state index contributed by atoms with van der Waals surface area (Å²) < 4.78 is 0. The van der Waals surface area contributed by atoms with Crippen LogP contribution in [-0.4, -0.2) is 0 Å². The summed E-state index contributed by atoms with van der Waals surface area (Å²) in [6.07, 6.45) is 12.3. The fraction of sp³-hybridized carbons (Fsp3) is 1.00. The molecule has 0 aliphatic heterocycles. The van der Waals surface area contributed by atoms with Gasteiger partial charge in [0.05, 0.1) is 0 Å². The molecule has 0 aromatic carbocycles. The Morgan fingerprint density at radius 1 is 0.750 bits per heavy atom. The smallest absolute Gasteiger partial charge is 0.0383 e. The van der Waals surface area contributed by atoms with E-state index in [9.17, 15) is 0 Å². The van der Waals surface area contributed by atoms with Crippen LogP contribution in [0.15, 0.2) is 0 Å². The van der Waals surface area contributed by atoms with E-state index in [1.807, 2.05) is 0 Å². The summed E-state index contributed by atoms with van der Waals surface area (Å²) in [6, 6.07) is 0. The minimum atomic E-state index is 1.03. The largest absolute Gasteiger partial charge is 0.0625 e. The molecule has 3 unspecified atom stereocenters. The van der Waals surface area contributed by atoms with Gasteiger partial charge in [0.2, 0.25) is 0 Å². The van der Waals surface area contributed by atoms with E-state index in [4.69, 9.17) is 0 Å². The summed E-state index contributed by atoms with van der Waals surface area (Å²) in [5.74, 6) is 3.28. The monoisotopic (exact) mass is 166 g/mol. The predicted molar refractivity (Wildman–Crippen MR) is 53.1 cm³/mol. The first kappa shape index (κ1) is 8.59. The molecule has 70 valence electrons. The third-order valence-electron chi connectivity index (χ3n) is 4.05. The van der Waals surface area contributed by atoms with Gasteiger partial charge in [-0.2, -0.15) is 0 Å². The second-order valence-electron chi connectivity index (χ2n) is 5.08. The van der Waals surface area contributed by atoms with Crippen molar-refractivity contribution in [1.29, 1.82) is 0 Å². The van der Waals surface area contributed by atoms with Crippen molar-refractivity contribution in [3.05, 3.63) is 0 Å². The third kappa shape index (κ3) is 1.84. The molecule has 2 rings (SSSR count). The van der Waals surface area contributed by atoms with Crippen molar-refractivity contribution in [1.82, 2.24) is 0 Å². The maximum atomic E-state index is 2.45. The van der Waals surface area contributed by atoms with Crippen LogP contribution in [0.25, 0.3) is 0 Å². The second-order valence-corrected chi connectivity index (χ2v) is 5.08. The van der Waals surface area contributed by atoms with Gasteiger partial charge >= 0.3 is 0 Å². The lowest BCUT2D eigenvalue weighted by Crippen LogP contribution is -2.22. The van der Waals surface area contributed by atoms with Gasteiger partial charge < -0.3 is 0 Å². The highest BCUT2D eigenvalue weighted by molar-refractivity contribution is 4.80. The lowest BCUT2D eigenvalue weighted by atomic mass is 9.72. The molecule has 0 amide bonds. The molecular formula is C12H22. The maximum absolute atomic E-state index is 2.45. The molecule has 0 saturated heterocycles. The van der Waals surface area contributed by atoms with E-state index in [1.165, 1.54) is 25.7 Å². The normalized spacial score (nSPS) is 43.2. The van der Waals surface area contributed by atoms with Crippen LogP contribution < -0.4 is 0 Å². The molecule has 0 heteroatoms. The van der Waals surface area contributed by atoms with Crippen LogP contribution in [0.4, 0.5) is 0 Å². The van der Waals surface area contributed by atoms with Crippen molar-refractivity contribution in [2.45, 2.75) is 58.3 Å². The van der Waals surface area contributed by atoms with E-state index < -0.39 is 0 Å². The highest BCUT2D eigenvalue weighted by Gasteiger charge is 2.28. The minimum absolute atomic E-state index is 1.03. The lowest BCUT2D eigenvalue weighted by molar-refractivity contribution is 0.179. The number of hydrogen-bond donors (Lipinski definition) is 0. The van der Waals surface area contributed by atoms with Crippen LogP contribution in [0, 0.1) is 17.8 Å². The van der Waals surface area contributed by atoms with Gasteiger partial charge in [0.25, 0.3) is 0 Å². The van der Waals surface area contributed by atoms with Crippen LogP contribution in [0.3, 0.4) is 0 Å². The molecule has 2 fully saturated rings. The van der Waals surface area contributed by atoms with E-state index in [0.717, 1.165) is 17.8 Å². The van der Waals surface area contributed by atoms with Crippen LogP contribution >= 0.6 is 0 Å². The summed E-state index contributed by atoms with van der Waals surface area (Å²) in [7, 11) is 0. The first-order chi connectivity index (χ1) is 5.86. The predicted octanol–water partition coefficient (Wildman–Crippen LogP) is 4.00. The molecular weight excluding hydrogens is 144 g/mol. The highest BCUT2D eigenvalue weighted by atomic mass is 14.3. The van der Waals surface area contributed by atoms with Crippen molar-refractivity contribution in [2.24, 2.45) is 17.8 Å². The topological polar surface area (TPSA) is 0 Å². The van der Waals surface area contributed by atoms with E-state index in [1.54, 1.807) is 25.7 Å². The molecule has 0 nitrogen and oxygen atoms in total. The summed E-state index contributed by atoms with van der Waals surface area (Å²) in [5.41, 5.74) is 0. The number of rotatable bonds is 0. The molecule has 0 radical (unpaired) electrons. The van der Waals surface area contributed by atoms with Crippen molar-refractivity contribution in [2.75, 3.05) is 0 Å². The molecule has 3 atom stereocenters. The zero-order valence-electron chi connectivity index (χ0n) is 8.39. The molecule has 2 aliphatic carbocycles. The fourth-order valence-corrected chi connectivity index (χ4v) is 3.28. The Kier molecular flexibility index (Phi) is 2.73. The molecule has 0 aromatic heterocycles. The minimum Gasteiger partial charge on any atom is -0.0625 e. The van der Waals surface area contributed by atoms with Crippen LogP contribution in [0.5, 0.6) is 0 Å². The first-order valence-corrected chi connectivity index (χ1v) is 5.86. The molecule has 12 heavy (non-hydrogen) atoms. The highest BCUT2D eigenvalue weighted by Crippen LogP contribution is 2.41. The van der Waals surface area contributed by atoms with E-state index >= 15 is 0 Å². The van der Waals surface area contributed by atoms with Gasteiger partial charge in [-0.05, 0) is 30.6 Å². The molecule has 0 spiro atoms. The Bertz CT molecular complexity index is 139. The fourth-order valence-electron chi connectivity index (χ4n) is 3.28. The Hall–Kier alpha value is 0. The van der Waals surface area contributed by atoms with Gasteiger partial charge in [-0.25, -0.2) is 0 Å². The summed E-state index contributed by atoms with van der Waals surface area (Å²) in [6.45, 7) is 2.45. The lowest BCUT2D eigenvalue weighted by Gasteiger charge is -2.33. The molecule has 2 aliphatic rings. The van der Waals surface area contributed by atoms with Gasteiger partial charge in [-0.15, -0.1) is 0 Å². The SMILES string of the molecule is CC1CCC2CCCCCC2C1. The van der Waals surface area contributed by atoms with Crippen molar-refractivity contribution in [3.63, 3.8) is 0 Å². The maximum Gasteiger partial charge on any atom is -0.0383 e. The van der Waals surface area contributed by atoms with Crippen LogP contribution in [-0.2, 0) is 0 Å². The Labute approximate surface area is 76.7 Å². The summed E-state index contributed by atoms with van der Waals surface area (Å²) in [4.78, 5) is 0. The Morgan fingerprint density at radius 3 is 2.33 bits per heavy atom. The van der Waals surface area contributed by atoms with Crippen molar-refractivity contribution in [3.8, 4) is 0 Å². The van der Waals surface area contributed by atoms with Crippen molar-refractivity contribution >= 4 is 0 Å². The zero-order valence-corrected chi connectivity index (χ0v) is 8.39. The zero-order chi connectivity index (χ0) is 8.39. The number of hydrogen-bond acceptors (Lipinski definition) is 0. The van der Waals surface area contributed by atoms with E-state index in [0.29, 0.717) is 0 Å². The first-order valence-electron chi connectivity index (χ1n) is 5.86. The van der Waals surface area contributed by atoms with Gasteiger partial charge in [-0.3, -0.25) is 0 Å². The van der Waals surface area contributed by atoms with Gasteiger partial charge in [0, 0.05) is 0 Å². The summed E-state index contributed by atoms with van der Waals surface area (Å²) in [5, 5.41) is 0. The number of fused-ring (bicyclic) bond motifs is 1. The molecule has 0 aromatic rings. The average Bonchev–Trinajstić information content (AvgIpc) is 2.28. The Morgan fingerprint density at radius 2 is 1.50 bits per heavy atom. The summed E-state index contributed by atoms with van der Waals surface area (Å²) >= 11 is 0. The Balaban J connectivity index is 1.94. The van der Waals surface area contributed by atoms with Crippen LogP contribution in [0.2, 0.25) is 0 Å². The van der Waals surface area contributed by atoms with Gasteiger partial charge in [0.1, 0.15) is 0 Å². The second kappa shape index (κ2) is 3.81. The molecule has 0 heterocycles. The molecule has 0 bridgehead atoms. The quantitative estimate of drug-likeness (QED) is 0.510.